The smallest absolute Gasteiger partial charge is 0.230 e. The monoisotopic (exact) mass is 457 g/mol. The van der Waals surface area contributed by atoms with E-state index in [1.54, 1.807) is 18.2 Å². The second kappa shape index (κ2) is 9.33. The number of anilines is 4. The number of hydrogen-bond donors (Lipinski definition) is 1. The van der Waals surface area contributed by atoms with E-state index >= 15 is 0 Å². The summed E-state index contributed by atoms with van der Waals surface area (Å²) >= 11 is 4.26. The summed E-state index contributed by atoms with van der Waals surface area (Å²) in [5.41, 5.74) is 1.93. The summed E-state index contributed by atoms with van der Waals surface area (Å²) in [4.78, 5) is 17.9. The van der Waals surface area contributed by atoms with Crippen molar-refractivity contribution in [2.45, 2.75) is 17.0 Å². The zero-order valence-electron chi connectivity index (χ0n) is 15.8. The minimum absolute atomic E-state index is 0.194. The molecule has 0 saturated carbocycles. The van der Waals surface area contributed by atoms with Crippen LogP contribution in [0.5, 0.6) is 0 Å². The Kier molecular flexibility index (Phi) is 6.36. The molecule has 4 aromatic rings. The number of hydrogen-bond acceptors (Lipinski definition) is 8. The van der Waals surface area contributed by atoms with Crippen molar-refractivity contribution >= 4 is 62.0 Å². The minimum atomic E-state index is -0.467. The number of amides is 1. The highest BCUT2D eigenvalue weighted by Gasteiger charge is 2.21. The predicted molar refractivity (Wildman–Crippen MR) is 121 cm³/mol. The highest BCUT2D eigenvalue weighted by Crippen LogP contribution is 2.34. The number of nitrogens with one attached hydrogen (secondary N) is 1. The molecule has 0 spiro atoms. The third-order valence-electron chi connectivity index (χ3n) is 3.91. The summed E-state index contributed by atoms with van der Waals surface area (Å²) in [7, 11) is 0. The number of nitrogens with zero attached hydrogens (tertiary/aromatic N) is 4. The van der Waals surface area contributed by atoms with Gasteiger partial charge in [0.25, 0.3) is 0 Å². The molecule has 4 rings (SSSR count). The van der Waals surface area contributed by atoms with Crippen LogP contribution in [0, 0.1) is 5.82 Å². The molecule has 1 amide bonds. The summed E-state index contributed by atoms with van der Waals surface area (Å²) < 4.78 is 15.0. The topological polar surface area (TPSA) is 71.0 Å². The first-order chi connectivity index (χ1) is 14.6. The average molecular weight is 458 g/mol. The largest absolute Gasteiger partial charge is 0.330 e. The number of thioether (sulfide) groups is 1. The molecule has 2 heterocycles. The van der Waals surface area contributed by atoms with Gasteiger partial charge in [-0.05, 0) is 24.3 Å². The van der Waals surface area contributed by atoms with Crippen LogP contribution in [0.4, 0.5) is 26.0 Å². The third kappa shape index (κ3) is 4.84. The quantitative estimate of drug-likeness (QED) is 0.351. The SMILES string of the molecule is CC(=O)N(c1nc(CSc2nnc(Nc3ccccc3)s2)cs1)c1ccccc1F. The summed E-state index contributed by atoms with van der Waals surface area (Å²) in [6.07, 6.45) is 0. The first-order valence-corrected chi connectivity index (χ1v) is 11.6. The van der Waals surface area contributed by atoms with Gasteiger partial charge in [-0.1, -0.05) is 53.4 Å². The zero-order valence-corrected chi connectivity index (χ0v) is 18.2. The Bertz CT molecular complexity index is 1150. The van der Waals surface area contributed by atoms with E-state index in [1.807, 2.05) is 35.7 Å². The van der Waals surface area contributed by atoms with Crippen LogP contribution in [0.15, 0.2) is 64.3 Å². The molecule has 2 aromatic heterocycles. The van der Waals surface area contributed by atoms with Crippen molar-refractivity contribution in [1.29, 1.82) is 0 Å². The maximum absolute atomic E-state index is 14.2. The zero-order chi connectivity index (χ0) is 20.9. The molecule has 0 bridgehead atoms. The molecule has 1 N–H and O–H groups in total. The van der Waals surface area contributed by atoms with Gasteiger partial charge in [-0.15, -0.1) is 21.5 Å². The summed E-state index contributed by atoms with van der Waals surface area (Å²) in [5.74, 6) is -0.194. The van der Waals surface area contributed by atoms with E-state index in [9.17, 15) is 9.18 Å². The number of para-hydroxylation sites is 2. The van der Waals surface area contributed by atoms with Crippen LogP contribution in [-0.4, -0.2) is 21.1 Å². The Hall–Kier alpha value is -2.82. The van der Waals surface area contributed by atoms with Crippen LogP contribution >= 0.6 is 34.4 Å². The van der Waals surface area contributed by atoms with E-state index in [-0.39, 0.29) is 11.6 Å². The van der Waals surface area contributed by atoms with E-state index in [1.165, 1.54) is 52.3 Å². The molecule has 0 aliphatic heterocycles. The third-order valence-corrected chi connectivity index (χ3v) is 6.79. The lowest BCUT2D eigenvalue weighted by atomic mass is 10.3. The molecule has 0 atom stereocenters. The molecule has 0 fully saturated rings. The van der Waals surface area contributed by atoms with Crippen LogP contribution in [0.2, 0.25) is 0 Å². The van der Waals surface area contributed by atoms with Gasteiger partial charge in [-0.2, -0.15) is 0 Å². The molecule has 0 saturated heterocycles. The van der Waals surface area contributed by atoms with E-state index in [0.29, 0.717) is 16.0 Å². The number of aromatic nitrogens is 3. The number of carbonyl (C=O) groups is 1. The molecule has 10 heteroatoms. The first kappa shape index (κ1) is 20.5. The Morgan fingerprint density at radius 3 is 2.67 bits per heavy atom. The van der Waals surface area contributed by atoms with Crippen LogP contribution in [0.3, 0.4) is 0 Å². The van der Waals surface area contributed by atoms with Gasteiger partial charge in [0.15, 0.2) is 9.47 Å². The van der Waals surface area contributed by atoms with Crippen molar-refractivity contribution in [2.75, 3.05) is 10.2 Å². The van der Waals surface area contributed by atoms with Crippen molar-refractivity contribution in [1.82, 2.24) is 15.2 Å². The Morgan fingerprint density at radius 1 is 1.13 bits per heavy atom. The highest BCUT2D eigenvalue weighted by atomic mass is 32.2. The molecule has 152 valence electrons. The lowest BCUT2D eigenvalue weighted by Crippen LogP contribution is -2.23. The molecule has 30 heavy (non-hydrogen) atoms. The predicted octanol–water partition coefficient (Wildman–Crippen LogP) is 5.85. The lowest BCUT2D eigenvalue weighted by Gasteiger charge is -2.18. The lowest BCUT2D eigenvalue weighted by molar-refractivity contribution is -0.115. The second-order valence-corrected chi connectivity index (χ2v) is 9.12. The van der Waals surface area contributed by atoms with Crippen molar-refractivity contribution < 1.29 is 9.18 Å². The van der Waals surface area contributed by atoms with Crippen molar-refractivity contribution in [3.05, 3.63) is 71.5 Å². The normalized spacial score (nSPS) is 10.7. The second-order valence-electron chi connectivity index (χ2n) is 6.08. The standard InChI is InChI=1S/C20H16FN5OS3/c1-13(27)26(17-10-6-5-9-16(17)21)19-23-15(11-28-19)12-29-20-25-24-18(30-20)22-14-7-3-2-4-8-14/h2-11H,12H2,1H3,(H,22,24). The fourth-order valence-electron chi connectivity index (χ4n) is 2.60. The van der Waals surface area contributed by atoms with Crippen LogP contribution in [0.1, 0.15) is 12.6 Å². The summed E-state index contributed by atoms with van der Waals surface area (Å²) in [6, 6.07) is 15.9. The van der Waals surface area contributed by atoms with Crippen molar-refractivity contribution in [3.63, 3.8) is 0 Å². The maximum atomic E-state index is 14.2. The molecule has 0 radical (unpaired) electrons. The van der Waals surface area contributed by atoms with Gasteiger partial charge in [0.1, 0.15) is 5.82 Å². The number of thiazole rings is 1. The molecular formula is C20H16FN5OS3. The van der Waals surface area contributed by atoms with Gasteiger partial charge in [-0.25, -0.2) is 9.37 Å². The fourth-order valence-corrected chi connectivity index (χ4v) is 5.25. The number of carbonyl (C=O) groups excluding carboxylic acids is 1. The molecular weight excluding hydrogens is 441 g/mol. The highest BCUT2D eigenvalue weighted by molar-refractivity contribution is 8.00. The minimum Gasteiger partial charge on any atom is -0.330 e. The van der Waals surface area contributed by atoms with E-state index in [2.05, 4.69) is 20.5 Å². The van der Waals surface area contributed by atoms with Crippen molar-refractivity contribution in [2.24, 2.45) is 0 Å². The van der Waals surface area contributed by atoms with Crippen LogP contribution < -0.4 is 10.2 Å². The van der Waals surface area contributed by atoms with E-state index in [4.69, 9.17) is 0 Å². The molecule has 0 unspecified atom stereocenters. The van der Waals surface area contributed by atoms with E-state index in [0.717, 1.165) is 15.7 Å². The Morgan fingerprint density at radius 2 is 1.90 bits per heavy atom. The number of halogens is 1. The van der Waals surface area contributed by atoms with Gasteiger partial charge in [0.05, 0.1) is 11.4 Å². The Balaban J connectivity index is 1.42. The van der Waals surface area contributed by atoms with Crippen LogP contribution in [0.25, 0.3) is 0 Å². The number of benzene rings is 2. The van der Waals surface area contributed by atoms with Gasteiger partial charge < -0.3 is 5.32 Å². The number of rotatable bonds is 7. The van der Waals surface area contributed by atoms with Gasteiger partial charge in [0.2, 0.25) is 11.0 Å². The average Bonchev–Trinajstić information content (AvgIpc) is 3.38. The van der Waals surface area contributed by atoms with Gasteiger partial charge >= 0.3 is 0 Å². The van der Waals surface area contributed by atoms with Gasteiger partial charge in [-0.3, -0.25) is 9.69 Å². The summed E-state index contributed by atoms with van der Waals surface area (Å²) in [6.45, 7) is 1.39. The van der Waals surface area contributed by atoms with Crippen LogP contribution in [-0.2, 0) is 10.5 Å². The first-order valence-electron chi connectivity index (χ1n) is 8.88. The van der Waals surface area contributed by atoms with Crippen molar-refractivity contribution in [3.8, 4) is 0 Å². The molecule has 6 nitrogen and oxygen atoms in total. The maximum Gasteiger partial charge on any atom is 0.230 e. The molecule has 2 aromatic carbocycles. The Labute approximate surface area is 184 Å². The summed E-state index contributed by atoms with van der Waals surface area (Å²) in [5, 5.41) is 14.6. The fraction of sp³-hybridized carbons (Fsp3) is 0.100. The molecule has 0 aliphatic carbocycles. The van der Waals surface area contributed by atoms with E-state index < -0.39 is 5.82 Å². The molecule has 0 aliphatic rings. The van der Waals surface area contributed by atoms with Gasteiger partial charge in [0, 0.05) is 23.7 Å².